The molecule has 4 unspecified atom stereocenters. The van der Waals surface area contributed by atoms with Gasteiger partial charge in [0, 0.05) is 0 Å². The average molecular weight is 373 g/mol. The summed E-state index contributed by atoms with van der Waals surface area (Å²) < 4.78 is 0. The predicted molar refractivity (Wildman–Crippen MR) is 115 cm³/mol. The minimum atomic E-state index is -0.229. The minimum absolute atomic E-state index is 0.229. The van der Waals surface area contributed by atoms with E-state index in [9.17, 15) is 10.2 Å². The Morgan fingerprint density at radius 1 is 0.556 bits per heavy atom. The molecule has 2 aliphatic rings. The third kappa shape index (κ3) is 5.93. The van der Waals surface area contributed by atoms with Crippen LogP contribution in [0.3, 0.4) is 0 Å². The fraction of sp³-hybridized carbons (Fsp3) is 0.680. The first kappa shape index (κ1) is 22.2. The van der Waals surface area contributed by atoms with E-state index in [1.165, 1.54) is 6.42 Å². The van der Waals surface area contributed by atoms with E-state index >= 15 is 0 Å². The van der Waals surface area contributed by atoms with Gasteiger partial charge in [-0.15, -0.1) is 26.3 Å². The molecule has 27 heavy (non-hydrogen) atoms. The van der Waals surface area contributed by atoms with Gasteiger partial charge in [0.1, 0.15) is 0 Å². The molecular weight excluding hydrogens is 332 g/mol. The molecule has 2 fully saturated rings. The van der Waals surface area contributed by atoms with Gasteiger partial charge in [0.2, 0.25) is 0 Å². The first-order valence-corrected chi connectivity index (χ1v) is 10.8. The molecule has 0 heterocycles. The van der Waals surface area contributed by atoms with Crippen LogP contribution < -0.4 is 0 Å². The third-order valence-corrected chi connectivity index (χ3v) is 7.02. The van der Waals surface area contributed by atoms with Gasteiger partial charge in [0.25, 0.3) is 0 Å². The third-order valence-electron chi connectivity index (χ3n) is 7.02. The largest absolute Gasteiger partial charge is 0.393 e. The summed E-state index contributed by atoms with van der Waals surface area (Å²) >= 11 is 0. The molecule has 2 nitrogen and oxygen atoms in total. The zero-order chi connectivity index (χ0) is 19.8. The Balaban J connectivity index is 2.05. The highest BCUT2D eigenvalue weighted by atomic mass is 16.3. The zero-order valence-corrected chi connectivity index (χ0v) is 17.0. The van der Waals surface area contributed by atoms with Gasteiger partial charge in [-0.3, -0.25) is 0 Å². The second-order valence-electron chi connectivity index (χ2n) is 9.03. The van der Waals surface area contributed by atoms with Crippen LogP contribution in [0.2, 0.25) is 0 Å². The van der Waals surface area contributed by atoms with E-state index in [0.29, 0.717) is 35.5 Å². The Hall–Kier alpha value is -1.12. The van der Waals surface area contributed by atoms with Crippen molar-refractivity contribution in [2.24, 2.45) is 35.5 Å². The molecule has 0 aromatic rings. The molecule has 0 saturated heterocycles. The maximum Gasteiger partial charge on any atom is 0.0602 e. The Labute approximate surface area is 166 Å². The Morgan fingerprint density at radius 3 is 1.04 bits per heavy atom. The number of allylic oxidation sites excluding steroid dienone is 4. The van der Waals surface area contributed by atoms with E-state index < -0.39 is 0 Å². The van der Waals surface area contributed by atoms with Gasteiger partial charge >= 0.3 is 0 Å². The minimum Gasteiger partial charge on any atom is -0.393 e. The van der Waals surface area contributed by atoms with Crippen molar-refractivity contribution in [1.82, 2.24) is 0 Å². The lowest BCUT2D eigenvalue weighted by molar-refractivity contribution is -0.0262. The first-order valence-electron chi connectivity index (χ1n) is 10.8. The molecule has 2 N–H and O–H groups in total. The van der Waals surface area contributed by atoms with Gasteiger partial charge in [-0.05, 0) is 93.3 Å². The molecule has 2 heteroatoms. The van der Waals surface area contributed by atoms with Crippen molar-refractivity contribution >= 4 is 0 Å². The quantitative estimate of drug-likeness (QED) is 0.484. The fourth-order valence-electron chi connectivity index (χ4n) is 5.89. The highest BCUT2D eigenvalue weighted by Crippen LogP contribution is 2.45. The van der Waals surface area contributed by atoms with Gasteiger partial charge in [-0.25, -0.2) is 0 Å². The lowest BCUT2D eigenvalue weighted by Gasteiger charge is -2.43. The zero-order valence-electron chi connectivity index (χ0n) is 17.0. The van der Waals surface area contributed by atoms with Crippen LogP contribution in [0, 0.1) is 35.5 Å². The lowest BCUT2D eigenvalue weighted by Crippen LogP contribution is -2.40. The van der Waals surface area contributed by atoms with Crippen LogP contribution >= 0.6 is 0 Å². The van der Waals surface area contributed by atoms with Gasteiger partial charge in [-0.2, -0.15) is 0 Å². The SMILES string of the molecule is C=CCC1CC(CC2CC(CC=C)C(O)C(CC=C)C2)CC(CC=C)C1O. The fourth-order valence-corrected chi connectivity index (χ4v) is 5.89. The molecule has 0 aliphatic heterocycles. The van der Waals surface area contributed by atoms with Crippen LogP contribution in [0.15, 0.2) is 50.6 Å². The molecule has 0 radical (unpaired) electrons. The van der Waals surface area contributed by atoms with Crippen molar-refractivity contribution < 1.29 is 10.2 Å². The van der Waals surface area contributed by atoms with Crippen molar-refractivity contribution in [2.75, 3.05) is 0 Å². The summed E-state index contributed by atoms with van der Waals surface area (Å²) in [6.45, 7) is 15.6. The molecule has 2 rings (SSSR count). The maximum absolute atomic E-state index is 10.7. The number of hydrogen-bond donors (Lipinski definition) is 2. The topological polar surface area (TPSA) is 40.5 Å². The van der Waals surface area contributed by atoms with Crippen molar-refractivity contribution in [1.29, 1.82) is 0 Å². The smallest absolute Gasteiger partial charge is 0.0602 e. The van der Waals surface area contributed by atoms with E-state index in [4.69, 9.17) is 0 Å². The second-order valence-corrected chi connectivity index (χ2v) is 9.03. The lowest BCUT2D eigenvalue weighted by atomic mass is 9.64. The number of hydrogen-bond acceptors (Lipinski definition) is 2. The van der Waals surface area contributed by atoms with E-state index in [0.717, 1.165) is 51.4 Å². The Bertz CT molecular complexity index is 413. The van der Waals surface area contributed by atoms with Crippen LogP contribution in [0.5, 0.6) is 0 Å². The van der Waals surface area contributed by atoms with Gasteiger partial charge in [0.15, 0.2) is 0 Å². The highest BCUT2D eigenvalue weighted by Gasteiger charge is 2.39. The average Bonchev–Trinajstić information content (AvgIpc) is 2.63. The van der Waals surface area contributed by atoms with Crippen molar-refractivity contribution in [3.05, 3.63) is 50.6 Å². The summed E-state index contributed by atoms with van der Waals surface area (Å²) in [5.74, 6) is 2.61. The van der Waals surface area contributed by atoms with Gasteiger partial charge in [-0.1, -0.05) is 24.3 Å². The Kier molecular flexibility index (Phi) is 9.05. The number of aliphatic hydroxyl groups excluding tert-OH is 2. The summed E-state index contributed by atoms with van der Waals surface area (Å²) in [7, 11) is 0. The standard InChI is InChI=1S/C25H40O2/c1-5-9-20-14-18(15-21(10-6-2)24(20)26)13-19-16-22(11-7-3)25(27)23(17-19)12-8-4/h5-8,18-27H,1-4,9-17H2. The predicted octanol–water partition coefficient (Wildman–Crippen LogP) is 5.69. The summed E-state index contributed by atoms with van der Waals surface area (Å²) in [6.07, 6.45) is 16.5. The van der Waals surface area contributed by atoms with Crippen LogP contribution in [0.25, 0.3) is 0 Å². The van der Waals surface area contributed by atoms with E-state index in [-0.39, 0.29) is 12.2 Å². The molecule has 152 valence electrons. The molecule has 2 saturated carbocycles. The molecule has 0 aromatic heterocycles. The number of rotatable bonds is 10. The van der Waals surface area contributed by atoms with E-state index in [1.807, 2.05) is 24.3 Å². The monoisotopic (exact) mass is 372 g/mol. The molecular formula is C25H40O2. The molecule has 0 amide bonds. The second kappa shape index (κ2) is 11.0. The van der Waals surface area contributed by atoms with Crippen molar-refractivity contribution in [3.8, 4) is 0 Å². The van der Waals surface area contributed by atoms with Crippen LogP contribution in [0.4, 0.5) is 0 Å². The Morgan fingerprint density at radius 2 is 0.815 bits per heavy atom. The van der Waals surface area contributed by atoms with Crippen LogP contribution in [0.1, 0.15) is 57.8 Å². The summed E-state index contributed by atoms with van der Waals surface area (Å²) in [6, 6.07) is 0. The summed E-state index contributed by atoms with van der Waals surface area (Å²) in [5, 5.41) is 21.4. The van der Waals surface area contributed by atoms with Gasteiger partial charge in [0.05, 0.1) is 12.2 Å². The van der Waals surface area contributed by atoms with Crippen LogP contribution in [-0.2, 0) is 0 Å². The molecule has 4 atom stereocenters. The van der Waals surface area contributed by atoms with Crippen molar-refractivity contribution in [2.45, 2.75) is 70.0 Å². The highest BCUT2D eigenvalue weighted by molar-refractivity contribution is 4.95. The molecule has 0 spiro atoms. The molecule has 2 aliphatic carbocycles. The van der Waals surface area contributed by atoms with Gasteiger partial charge < -0.3 is 10.2 Å². The van der Waals surface area contributed by atoms with E-state index in [2.05, 4.69) is 26.3 Å². The molecule has 0 aromatic carbocycles. The number of aliphatic hydroxyl groups is 2. The van der Waals surface area contributed by atoms with Crippen molar-refractivity contribution in [3.63, 3.8) is 0 Å². The van der Waals surface area contributed by atoms with Crippen LogP contribution in [-0.4, -0.2) is 22.4 Å². The molecule has 0 bridgehead atoms. The summed E-state index contributed by atoms with van der Waals surface area (Å²) in [5.41, 5.74) is 0. The summed E-state index contributed by atoms with van der Waals surface area (Å²) in [4.78, 5) is 0. The maximum atomic E-state index is 10.7. The first-order chi connectivity index (χ1) is 13.0. The normalized spacial score (nSPS) is 39.5. The van der Waals surface area contributed by atoms with E-state index in [1.54, 1.807) is 0 Å².